The molecule has 2 fully saturated rings. The lowest BCUT2D eigenvalue weighted by Gasteiger charge is -2.48. The Bertz CT molecular complexity index is 1080. The number of aliphatic hydroxyl groups is 2. The van der Waals surface area contributed by atoms with Crippen LogP contribution < -0.4 is 0 Å². The topological polar surface area (TPSA) is 127 Å². The lowest BCUT2D eigenvalue weighted by molar-refractivity contribution is -0.172. The van der Waals surface area contributed by atoms with Crippen LogP contribution in [0.15, 0.2) is 42.1 Å². The second kappa shape index (κ2) is 9.69. The van der Waals surface area contributed by atoms with Gasteiger partial charge in [0.05, 0.1) is 12.2 Å². The molecule has 1 unspecified atom stereocenters. The maximum atomic E-state index is 13.1. The minimum absolute atomic E-state index is 0.175. The number of methoxy groups -OCH3 is 1. The van der Waals surface area contributed by atoms with E-state index in [0.717, 1.165) is 5.57 Å². The molecule has 1 saturated carbocycles. The van der Waals surface area contributed by atoms with E-state index < -0.39 is 54.2 Å². The Labute approximate surface area is 216 Å². The van der Waals surface area contributed by atoms with E-state index in [1.54, 1.807) is 25.3 Å². The number of hydrogen-bond donors (Lipinski definition) is 3. The zero-order valence-corrected chi connectivity index (χ0v) is 21.9. The number of aromatic nitrogens is 1. The van der Waals surface area contributed by atoms with Crippen molar-refractivity contribution in [1.82, 2.24) is 4.98 Å². The number of esters is 2. The normalized spacial score (nSPS) is 45.3. The number of H-pyrrole nitrogens is 1. The molecule has 0 amide bonds. The average molecular weight is 516 g/mol. The molecule has 0 aromatic carbocycles. The second-order valence-corrected chi connectivity index (χ2v) is 11.1. The Balaban J connectivity index is 1.58. The summed E-state index contributed by atoms with van der Waals surface area (Å²) in [5, 5.41) is 22.1. The van der Waals surface area contributed by atoms with Crippen LogP contribution >= 0.6 is 0 Å². The molecule has 1 aromatic heterocycles. The van der Waals surface area contributed by atoms with Gasteiger partial charge in [0.1, 0.15) is 29.6 Å². The van der Waals surface area contributed by atoms with Crippen LogP contribution in [-0.4, -0.2) is 76.5 Å². The van der Waals surface area contributed by atoms with Gasteiger partial charge in [-0.25, -0.2) is 9.59 Å². The Morgan fingerprint density at radius 1 is 1.30 bits per heavy atom. The number of aromatic amines is 1. The summed E-state index contributed by atoms with van der Waals surface area (Å²) < 4.78 is 24.2. The lowest BCUT2D eigenvalue weighted by atomic mass is 9.57. The van der Waals surface area contributed by atoms with Crippen molar-refractivity contribution in [2.45, 2.75) is 76.3 Å². The van der Waals surface area contributed by atoms with Gasteiger partial charge in [0.2, 0.25) is 0 Å². The molecule has 5 rings (SSSR count). The van der Waals surface area contributed by atoms with Crippen molar-refractivity contribution in [2.24, 2.45) is 29.6 Å². The van der Waals surface area contributed by atoms with E-state index in [0.29, 0.717) is 5.69 Å². The van der Waals surface area contributed by atoms with Gasteiger partial charge >= 0.3 is 11.9 Å². The van der Waals surface area contributed by atoms with Gasteiger partial charge in [-0.1, -0.05) is 32.1 Å². The van der Waals surface area contributed by atoms with E-state index >= 15 is 0 Å². The molecule has 3 N–H and O–H groups in total. The zero-order chi connectivity index (χ0) is 26.6. The maximum absolute atomic E-state index is 13.1. The van der Waals surface area contributed by atoms with E-state index in [2.05, 4.69) is 4.98 Å². The van der Waals surface area contributed by atoms with E-state index in [1.165, 1.54) is 7.11 Å². The first kappa shape index (κ1) is 26.2. The Hall–Kier alpha value is -2.46. The van der Waals surface area contributed by atoms with Crippen molar-refractivity contribution < 1.29 is 38.7 Å². The van der Waals surface area contributed by atoms with Crippen LogP contribution in [0.4, 0.5) is 0 Å². The number of ether oxygens (including phenoxy) is 4. The molecule has 3 heterocycles. The van der Waals surface area contributed by atoms with Crippen LogP contribution in [0.25, 0.3) is 0 Å². The summed E-state index contributed by atoms with van der Waals surface area (Å²) in [7, 11) is 1.46. The van der Waals surface area contributed by atoms with Crippen LogP contribution in [0, 0.1) is 29.6 Å². The van der Waals surface area contributed by atoms with Gasteiger partial charge in [0.25, 0.3) is 0 Å². The van der Waals surface area contributed by atoms with Gasteiger partial charge in [-0.05, 0) is 38.0 Å². The summed E-state index contributed by atoms with van der Waals surface area (Å²) in [5.41, 5.74) is 0.301. The van der Waals surface area contributed by atoms with Crippen LogP contribution in [0.5, 0.6) is 0 Å². The van der Waals surface area contributed by atoms with Crippen molar-refractivity contribution in [2.75, 3.05) is 7.11 Å². The third-order valence-corrected chi connectivity index (χ3v) is 8.94. The second-order valence-electron chi connectivity index (χ2n) is 11.1. The molecule has 1 aromatic rings. The standard InChI is InChI=1S/C28H37NO8/c1-13-11-14(2)28-17(12-20(34-5)27(33)35-23(13)16(4)30)8-9-18-21(28)22(31)15(3)24(25(18)37-28)36-26(32)19-7-6-10-29-19/h6-11,13,15-18,20-25,29-31H,12H2,1-5H3/b14-11+/t13-,15-,16?,17-,18-,20-,21+,22-,23-,24-,25-,28+/m1/s1. The van der Waals surface area contributed by atoms with Crippen molar-refractivity contribution in [1.29, 1.82) is 0 Å². The molecule has 202 valence electrons. The minimum atomic E-state index is -0.933. The molecule has 2 aliphatic heterocycles. The van der Waals surface area contributed by atoms with Gasteiger partial charge in [-0.3, -0.25) is 0 Å². The molecular formula is C28H37NO8. The lowest BCUT2D eigenvalue weighted by Crippen LogP contribution is -2.57. The SMILES string of the molecule is CO[C@@H]1C[C@H]2C=C[C@H]3[C@H]4O[C@]2(/C(C)=C/[C@@H](C)[C@H](C(C)O)OC1=O)[C@@H]3[C@H](O)[C@@H](C)[C@H]4OC(=O)c1ccc[nH]1. The molecule has 1 spiro atoms. The highest BCUT2D eigenvalue weighted by molar-refractivity contribution is 5.87. The molecular weight excluding hydrogens is 478 g/mol. The van der Waals surface area contributed by atoms with Gasteiger partial charge in [0.15, 0.2) is 6.10 Å². The Morgan fingerprint density at radius 3 is 2.70 bits per heavy atom. The van der Waals surface area contributed by atoms with E-state index in [1.807, 2.05) is 39.0 Å². The summed E-state index contributed by atoms with van der Waals surface area (Å²) in [6, 6.07) is 3.37. The molecule has 4 aliphatic rings. The molecule has 9 nitrogen and oxygen atoms in total. The Morgan fingerprint density at radius 2 is 2.05 bits per heavy atom. The van der Waals surface area contributed by atoms with Crippen LogP contribution in [-0.2, 0) is 23.7 Å². The number of carbonyl (C=O) groups is 2. The Kier molecular flexibility index (Phi) is 6.85. The molecule has 4 bridgehead atoms. The number of rotatable bonds is 4. The van der Waals surface area contributed by atoms with Crippen molar-refractivity contribution in [3.63, 3.8) is 0 Å². The molecule has 2 aliphatic carbocycles. The smallest absolute Gasteiger partial charge is 0.355 e. The first-order valence-electron chi connectivity index (χ1n) is 13.1. The highest BCUT2D eigenvalue weighted by Crippen LogP contribution is 2.61. The predicted molar refractivity (Wildman–Crippen MR) is 132 cm³/mol. The molecule has 0 radical (unpaired) electrons. The summed E-state index contributed by atoms with van der Waals surface area (Å²) >= 11 is 0. The first-order valence-corrected chi connectivity index (χ1v) is 13.1. The summed E-state index contributed by atoms with van der Waals surface area (Å²) in [5.74, 6) is -2.49. The van der Waals surface area contributed by atoms with E-state index in [9.17, 15) is 19.8 Å². The summed E-state index contributed by atoms with van der Waals surface area (Å²) in [6.45, 7) is 7.35. The number of hydrogen-bond acceptors (Lipinski definition) is 8. The molecule has 1 saturated heterocycles. The number of aliphatic hydroxyl groups excluding tert-OH is 2. The molecule has 9 heteroatoms. The quantitative estimate of drug-likeness (QED) is 0.412. The fourth-order valence-corrected chi connectivity index (χ4v) is 7.14. The largest absolute Gasteiger partial charge is 0.457 e. The van der Waals surface area contributed by atoms with E-state index in [4.69, 9.17) is 18.9 Å². The predicted octanol–water partition coefficient (Wildman–Crippen LogP) is 2.40. The monoisotopic (exact) mass is 515 g/mol. The van der Waals surface area contributed by atoms with Gasteiger partial charge in [-0.2, -0.15) is 0 Å². The average Bonchev–Trinajstić information content (AvgIpc) is 3.46. The summed E-state index contributed by atoms with van der Waals surface area (Å²) in [4.78, 5) is 28.8. The van der Waals surface area contributed by atoms with Crippen molar-refractivity contribution in [3.8, 4) is 0 Å². The van der Waals surface area contributed by atoms with Gasteiger partial charge in [-0.15, -0.1) is 0 Å². The minimum Gasteiger partial charge on any atom is -0.457 e. The van der Waals surface area contributed by atoms with Gasteiger partial charge < -0.3 is 34.1 Å². The molecule has 12 atom stereocenters. The first-order chi connectivity index (χ1) is 17.6. The number of nitrogens with one attached hydrogen (secondary N) is 1. The van der Waals surface area contributed by atoms with Crippen LogP contribution in [0.2, 0.25) is 0 Å². The van der Waals surface area contributed by atoms with Gasteiger partial charge in [0, 0.05) is 42.9 Å². The third kappa shape index (κ3) is 4.07. The van der Waals surface area contributed by atoms with Crippen LogP contribution in [0.3, 0.4) is 0 Å². The highest BCUT2D eigenvalue weighted by atomic mass is 16.6. The fourth-order valence-electron chi connectivity index (χ4n) is 7.14. The van der Waals surface area contributed by atoms with Crippen molar-refractivity contribution in [3.05, 3.63) is 47.8 Å². The van der Waals surface area contributed by atoms with Crippen molar-refractivity contribution >= 4 is 11.9 Å². The summed E-state index contributed by atoms with van der Waals surface area (Å²) in [6.07, 6.45) is 3.53. The fraction of sp³-hybridized carbons (Fsp3) is 0.643. The zero-order valence-electron chi connectivity index (χ0n) is 21.9. The number of cyclic esters (lactones) is 1. The molecule has 37 heavy (non-hydrogen) atoms. The van der Waals surface area contributed by atoms with E-state index in [-0.39, 0.29) is 36.0 Å². The number of carbonyl (C=O) groups excluding carboxylic acids is 2. The van der Waals surface area contributed by atoms with Crippen LogP contribution in [0.1, 0.15) is 44.6 Å². The highest BCUT2D eigenvalue weighted by Gasteiger charge is 2.69. The maximum Gasteiger partial charge on any atom is 0.355 e. The third-order valence-electron chi connectivity index (χ3n) is 8.94.